The SMILES string of the molecule is CC(C)C[C@@H]1NC(=O)CC[C@@H](C(=O)NCc2ccc(CN3CCCCC3)cc2)NC(=O)c2ccccc2OCCCNC1=O. The highest BCUT2D eigenvalue weighted by molar-refractivity contribution is 5.99. The molecule has 238 valence electrons. The zero-order valence-electron chi connectivity index (χ0n) is 26.0. The Kier molecular flexibility index (Phi) is 12.6. The second-order valence-corrected chi connectivity index (χ2v) is 12.2. The Hall–Kier alpha value is -3.92. The summed E-state index contributed by atoms with van der Waals surface area (Å²) in [7, 11) is 0. The Balaban J connectivity index is 1.44. The number of rotatable bonds is 7. The molecule has 4 rings (SSSR count). The van der Waals surface area contributed by atoms with E-state index in [9.17, 15) is 19.2 Å². The van der Waals surface area contributed by atoms with Crippen LogP contribution in [0.5, 0.6) is 5.75 Å². The van der Waals surface area contributed by atoms with Crippen molar-refractivity contribution < 1.29 is 23.9 Å². The Morgan fingerprint density at radius 2 is 1.68 bits per heavy atom. The normalized spacial score (nSPS) is 20.9. The number of para-hydroxylation sites is 1. The lowest BCUT2D eigenvalue weighted by molar-refractivity contribution is -0.129. The molecule has 1 saturated heterocycles. The molecule has 0 radical (unpaired) electrons. The van der Waals surface area contributed by atoms with Gasteiger partial charge in [-0.3, -0.25) is 24.1 Å². The number of nitrogens with one attached hydrogen (secondary N) is 4. The van der Waals surface area contributed by atoms with Gasteiger partial charge in [-0.05, 0) is 74.4 Å². The van der Waals surface area contributed by atoms with E-state index >= 15 is 0 Å². The van der Waals surface area contributed by atoms with Gasteiger partial charge in [0.15, 0.2) is 0 Å². The molecule has 0 saturated carbocycles. The molecule has 0 unspecified atom stereocenters. The first-order valence-corrected chi connectivity index (χ1v) is 16.0. The van der Waals surface area contributed by atoms with E-state index in [0.717, 1.165) is 25.2 Å². The molecule has 10 nitrogen and oxygen atoms in total. The van der Waals surface area contributed by atoms with Gasteiger partial charge >= 0.3 is 0 Å². The van der Waals surface area contributed by atoms with Gasteiger partial charge in [0.2, 0.25) is 17.7 Å². The van der Waals surface area contributed by atoms with Crippen LogP contribution in [0.25, 0.3) is 0 Å². The van der Waals surface area contributed by atoms with E-state index in [2.05, 4.69) is 38.3 Å². The summed E-state index contributed by atoms with van der Waals surface area (Å²) in [4.78, 5) is 55.0. The van der Waals surface area contributed by atoms with Gasteiger partial charge in [-0.15, -0.1) is 0 Å². The van der Waals surface area contributed by atoms with Crippen molar-refractivity contribution in [2.45, 2.75) is 84.0 Å². The number of ether oxygens (including phenoxy) is 1. The highest BCUT2D eigenvalue weighted by Crippen LogP contribution is 2.19. The van der Waals surface area contributed by atoms with Crippen molar-refractivity contribution in [1.82, 2.24) is 26.2 Å². The van der Waals surface area contributed by atoms with E-state index in [1.54, 1.807) is 24.3 Å². The smallest absolute Gasteiger partial charge is 0.255 e. The van der Waals surface area contributed by atoms with Crippen LogP contribution in [0.3, 0.4) is 0 Å². The molecule has 0 aromatic heterocycles. The fraction of sp³-hybridized carbons (Fsp3) is 0.529. The van der Waals surface area contributed by atoms with E-state index in [-0.39, 0.29) is 49.6 Å². The quantitative estimate of drug-likeness (QED) is 0.384. The number of fused-ring (bicyclic) bond motifs is 1. The predicted octanol–water partition coefficient (Wildman–Crippen LogP) is 3.30. The van der Waals surface area contributed by atoms with Crippen molar-refractivity contribution in [3.05, 3.63) is 65.2 Å². The van der Waals surface area contributed by atoms with Crippen molar-refractivity contribution >= 4 is 23.6 Å². The van der Waals surface area contributed by atoms with E-state index in [4.69, 9.17) is 4.74 Å². The molecule has 4 amide bonds. The molecule has 1 fully saturated rings. The van der Waals surface area contributed by atoms with Gasteiger partial charge < -0.3 is 26.0 Å². The van der Waals surface area contributed by atoms with Crippen molar-refractivity contribution in [2.24, 2.45) is 5.92 Å². The second-order valence-electron chi connectivity index (χ2n) is 12.2. The number of likely N-dealkylation sites (tertiary alicyclic amines) is 1. The Morgan fingerprint density at radius 1 is 0.955 bits per heavy atom. The highest BCUT2D eigenvalue weighted by Gasteiger charge is 2.26. The molecule has 0 bridgehead atoms. The maximum atomic E-state index is 13.4. The summed E-state index contributed by atoms with van der Waals surface area (Å²) >= 11 is 0. The number of piperidine rings is 1. The largest absolute Gasteiger partial charge is 0.493 e. The van der Waals surface area contributed by atoms with E-state index in [1.807, 2.05) is 26.0 Å². The average Bonchev–Trinajstić information content (AvgIpc) is 3.02. The molecule has 0 aliphatic carbocycles. The van der Waals surface area contributed by atoms with E-state index < -0.39 is 18.0 Å². The lowest BCUT2D eigenvalue weighted by Gasteiger charge is -2.26. The van der Waals surface area contributed by atoms with Gasteiger partial charge in [0, 0.05) is 26.1 Å². The van der Waals surface area contributed by atoms with Crippen LogP contribution in [0.4, 0.5) is 0 Å². The first-order chi connectivity index (χ1) is 21.3. The summed E-state index contributed by atoms with van der Waals surface area (Å²) in [6.45, 7) is 8.11. The third kappa shape index (κ3) is 10.4. The number of carbonyl (C=O) groups is 4. The molecule has 10 heteroatoms. The molecule has 0 spiro atoms. The fourth-order valence-corrected chi connectivity index (χ4v) is 5.57. The molecule has 2 aromatic rings. The van der Waals surface area contributed by atoms with Crippen molar-refractivity contribution in [3.8, 4) is 5.75 Å². The average molecular weight is 606 g/mol. The summed E-state index contributed by atoms with van der Waals surface area (Å²) in [5, 5.41) is 11.5. The van der Waals surface area contributed by atoms with Gasteiger partial charge in [0.05, 0.1) is 12.2 Å². The molecule has 2 aliphatic heterocycles. The molecular formula is C34H47N5O5. The molecule has 2 aromatic carbocycles. The maximum Gasteiger partial charge on any atom is 0.255 e. The van der Waals surface area contributed by atoms with Crippen LogP contribution in [0, 0.1) is 5.92 Å². The van der Waals surface area contributed by atoms with Gasteiger partial charge in [-0.2, -0.15) is 0 Å². The van der Waals surface area contributed by atoms with Gasteiger partial charge in [0.25, 0.3) is 5.91 Å². The van der Waals surface area contributed by atoms with Gasteiger partial charge in [0.1, 0.15) is 17.8 Å². The van der Waals surface area contributed by atoms with E-state index in [0.29, 0.717) is 30.7 Å². The van der Waals surface area contributed by atoms with Crippen LogP contribution in [0.2, 0.25) is 0 Å². The number of carbonyl (C=O) groups excluding carboxylic acids is 4. The molecule has 4 N–H and O–H groups in total. The number of hydrogen-bond donors (Lipinski definition) is 4. The third-order valence-corrected chi connectivity index (χ3v) is 7.99. The third-order valence-electron chi connectivity index (χ3n) is 7.99. The summed E-state index contributed by atoms with van der Waals surface area (Å²) in [6, 6.07) is 13.4. The summed E-state index contributed by atoms with van der Waals surface area (Å²) < 4.78 is 5.88. The molecule has 2 aliphatic rings. The minimum Gasteiger partial charge on any atom is -0.493 e. The number of nitrogens with zero attached hydrogens (tertiary/aromatic N) is 1. The number of amides is 4. The monoisotopic (exact) mass is 605 g/mol. The number of hydrogen-bond acceptors (Lipinski definition) is 6. The van der Waals surface area contributed by atoms with Crippen LogP contribution in [-0.2, 0) is 27.5 Å². The number of benzene rings is 2. The van der Waals surface area contributed by atoms with Crippen LogP contribution < -0.4 is 26.0 Å². The lowest BCUT2D eigenvalue weighted by Crippen LogP contribution is -2.49. The van der Waals surface area contributed by atoms with Crippen LogP contribution in [0.15, 0.2) is 48.5 Å². The Labute approximate surface area is 260 Å². The Bertz CT molecular complexity index is 1260. The zero-order valence-corrected chi connectivity index (χ0v) is 26.0. The van der Waals surface area contributed by atoms with Crippen LogP contribution >= 0.6 is 0 Å². The summed E-state index contributed by atoms with van der Waals surface area (Å²) in [5.74, 6) is -0.862. The predicted molar refractivity (Wildman–Crippen MR) is 169 cm³/mol. The second kappa shape index (κ2) is 16.8. The van der Waals surface area contributed by atoms with E-state index in [1.165, 1.54) is 24.8 Å². The maximum absolute atomic E-state index is 13.4. The van der Waals surface area contributed by atoms with Crippen molar-refractivity contribution in [3.63, 3.8) is 0 Å². The fourth-order valence-electron chi connectivity index (χ4n) is 5.57. The summed E-state index contributed by atoms with van der Waals surface area (Å²) in [6.07, 6.45) is 4.83. The van der Waals surface area contributed by atoms with Crippen LogP contribution in [0.1, 0.15) is 80.3 Å². The van der Waals surface area contributed by atoms with Gasteiger partial charge in [-0.1, -0.05) is 56.7 Å². The molecule has 2 atom stereocenters. The van der Waals surface area contributed by atoms with Gasteiger partial charge in [-0.25, -0.2) is 0 Å². The molecule has 44 heavy (non-hydrogen) atoms. The Morgan fingerprint density at radius 3 is 2.43 bits per heavy atom. The lowest BCUT2D eigenvalue weighted by atomic mass is 10.0. The minimum atomic E-state index is -0.968. The zero-order chi connectivity index (χ0) is 31.3. The standard InChI is InChI=1S/C34H47N5O5/c1-24(2)21-29-34(43)35-17-8-20-44-30-10-5-4-9-27(30)32(41)38-28(15-16-31(40)37-29)33(42)36-22-25-11-13-26(14-12-25)23-39-18-6-3-7-19-39/h4-5,9-14,24,28-29H,3,6-8,15-23H2,1-2H3,(H,35,43)(H,36,42)(H,37,40)(H,38,41)/t28-,29-/m0/s1. The first kappa shape index (κ1) is 33.0. The molecule has 2 heterocycles. The first-order valence-electron chi connectivity index (χ1n) is 16.0. The van der Waals surface area contributed by atoms with Crippen molar-refractivity contribution in [2.75, 3.05) is 26.2 Å². The topological polar surface area (TPSA) is 129 Å². The van der Waals surface area contributed by atoms with Crippen LogP contribution in [-0.4, -0.2) is 66.9 Å². The van der Waals surface area contributed by atoms with Crippen molar-refractivity contribution in [1.29, 1.82) is 0 Å². The highest BCUT2D eigenvalue weighted by atomic mass is 16.5. The minimum absolute atomic E-state index is 0.0381. The molecular weight excluding hydrogens is 558 g/mol. The summed E-state index contributed by atoms with van der Waals surface area (Å²) in [5.41, 5.74) is 2.48.